The Bertz CT molecular complexity index is 278. The fourth-order valence-electron chi connectivity index (χ4n) is 2.64. The molecular formula is C12H24N4O. The molecule has 1 aliphatic carbocycles. The highest BCUT2D eigenvalue weighted by molar-refractivity contribution is 5.80. The van der Waals surface area contributed by atoms with Gasteiger partial charge in [-0.2, -0.15) is 0 Å². The van der Waals surface area contributed by atoms with Crippen molar-refractivity contribution in [3.63, 3.8) is 0 Å². The topological polar surface area (TPSA) is 73.9 Å². The van der Waals surface area contributed by atoms with Gasteiger partial charge in [-0.1, -0.05) is 12.1 Å². The molecule has 1 saturated carbocycles. The molecule has 1 aliphatic heterocycles. The molecule has 5 nitrogen and oxygen atoms in total. The van der Waals surface area contributed by atoms with E-state index in [-0.39, 0.29) is 0 Å². The highest BCUT2D eigenvalue weighted by Crippen LogP contribution is 2.29. The van der Waals surface area contributed by atoms with Crippen LogP contribution in [0.5, 0.6) is 0 Å². The standard InChI is InChI=1S/C12H24N4O/c1-2-9(7-12(13)15-17)14-10-5-6-16(8-10)11-3-4-11/h9-11,14,17H,2-8H2,1H3,(H2,13,15). The van der Waals surface area contributed by atoms with Gasteiger partial charge in [-0.3, -0.25) is 4.90 Å². The average Bonchev–Trinajstić information content (AvgIpc) is 3.09. The van der Waals surface area contributed by atoms with Crippen molar-refractivity contribution in [2.75, 3.05) is 13.1 Å². The summed E-state index contributed by atoms with van der Waals surface area (Å²) < 4.78 is 0. The first-order valence-corrected chi connectivity index (χ1v) is 6.69. The lowest BCUT2D eigenvalue weighted by Crippen LogP contribution is -2.42. The third kappa shape index (κ3) is 3.57. The van der Waals surface area contributed by atoms with Gasteiger partial charge >= 0.3 is 0 Å². The normalized spacial score (nSPS) is 28.5. The molecule has 0 radical (unpaired) electrons. The minimum absolute atomic E-state index is 0.321. The molecule has 2 rings (SSSR count). The van der Waals surface area contributed by atoms with Gasteiger partial charge in [0.25, 0.3) is 0 Å². The van der Waals surface area contributed by atoms with Gasteiger partial charge in [0.2, 0.25) is 0 Å². The molecule has 17 heavy (non-hydrogen) atoms. The Morgan fingerprint density at radius 3 is 2.88 bits per heavy atom. The average molecular weight is 240 g/mol. The number of hydrogen-bond acceptors (Lipinski definition) is 4. The summed E-state index contributed by atoms with van der Waals surface area (Å²) in [5, 5.41) is 15.3. The van der Waals surface area contributed by atoms with Gasteiger partial charge in [-0.25, -0.2) is 0 Å². The van der Waals surface area contributed by atoms with Gasteiger partial charge in [0.1, 0.15) is 5.84 Å². The maximum atomic E-state index is 8.59. The molecule has 1 heterocycles. The maximum absolute atomic E-state index is 8.59. The second-order valence-corrected chi connectivity index (χ2v) is 5.28. The lowest BCUT2D eigenvalue weighted by Gasteiger charge is -2.22. The Hall–Kier alpha value is -0.810. The fraction of sp³-hybridized carbons (Fsp3) is 0.917. The quantitative estimate of drug-likeness (QED) is 0.277. The molecule has 4 N–H and O–H groups in total. The Labute approximate surface area is 103 Å². The molecule has 0 amide bonds. The summed E-state index contributed by atoms with van der Waals surface area (Å²) in [6, 6.07) is 1.77. The molecule has 0 aromatic rings. The van der Waals surface area contributed by atoms with Crippen LogP contribution in [0.3, 0.4) is 0 Å². The zero-order valence-electron chi connectivity index (χ0n) is 10.6. The summed E-state index contributed by atoms with van der Waals surface area (Å²) in [7, 11) is 0. The molecule has 2 unspecified atom stereocenters. The van der Waals surface area contributed by atoms with Crippen LogP contribution in [0, 0.1) is 0 Å². The van der Waals surface area contributed by atoms with Gasteiger partial charge in [-0.05, 0) is 25.7 Å². The van der Waals surface area contributed by atoms with E-state index in [1.54, 1.807) is 0 Å². The molecule has 1 saturated heterocycles. The number of likely N-dealkylation sites (tertiary alicyclic amines) is 1. The molecule has 0 bridgehead atoms. The molecule has 0 spiro atoms. The zero-order valence-corrected chi connectivity index (χ0v) is 10.6. The molecule has 5 heteroatoms. The molecule has 2 atom stereocenters. The monoisotopic (exact) mass is 240 g/mol. The maximum Gasteiger partial charge on any atom is 0.140 e. The Kier molecular flexibility index (Phi) is 4.23. The van der Waals surface area contributed by atoms with Gasteiger partial charge in [0.15, 0.2) is 0 Å². The third-order valence-electron chi connectivity index (χ3n) is 3.83. The molecular weight excluding hydrogens is 216 g/mol. The van der Waals surface area contributed by atoms with Crippen LogP contribution in [0.25, 0.3) is 0 Å². The van der Waals surface area contributed by atoms with E-state index in [1.165, 1.54) is 25.8 Å². The van der Waals surface area contributed by atoms with Crippen molar-refractivity contribution in [3.8, 4) is 0 Å². The number of amidine groups is 1. The van der Waals surface area contributed by atoms with E-state index in [4.69, 9.17) is 10.9 Å². The van der Waals surface area contributed by atoms with Gasteiger partial charge < -0.3 is 16.3 Å². The molecule has 2 fully saturated rings. The number of oxime groups is 1. The summed E-state index contributed by atoms with van der Waals surface area (Å²) in [5.74, 6) is 0.321. The summed E-state index contributed by atoms with van der Waals surface area (Å²) >= 11 is 0. The Morgan fingerprint density at radius 1 is 1.53 bits per heavy atom. The molecule has 0 aromatic carbocycles. The van der Waals surface area contributed by atoms with Crippen molar-refractivity contribution in [1.29, 1.82) is 0 Å². The SMILES string of the molecule is CCC(CC(N)=NO)NC1CCN(C2CC2)C1. The molecule has 98 valence electrons. The second-order valence-electron chi connectivity index (χ2n) is 5.28. The van der Waals surface area contributed by atoms with E-state index in [0.717, 1.165) is 19.0 Å². The minimum Gasteiger partial charge on any atom is -0.409 e. The van der Waals surface area contributed by atoms with Crippen LogP contribution >= 0.6 is 0 Å². The van der Waals surface area contributed by atoms with Crippen LogP contribution in [-0.4, -0.2) is 47.2 Å². The lowest BCUT2D eigenvalue weighted by molar-refractivity contribution is 0.307. The predicted molar refractivity (Wildman–Crippen MR) is 68.2 cm³/mol. The van der Waals surface area contributed by atoms with Crippen LogP contribution in [0.4, 0.5) is 0 Å². The largest absolute Gasteiger partial charge is 0.409 e. The van der Waals surface area contributed by atoms with Crippen LogP contribution in [0.15, 0.2) is 5.16 Å². The summed E-state index contributed by atoms with van der Waals surface area (Å²) in [6.45, 7) is 4.52. The zero-order chi connectivity index (χ0) is 12.3. The van der Waals surface area contributed by atoms with E-state index in [1.807, 2.05) is 0 Å². The van der Waals surface area contributed by atoms with Crippen molar-refractivity contribution in [2.45, 2.75) is 57.2 Å². The first-order valence-electron chi connectivity index (χ1n) is 6.69. The number of hydrogen-bond donors (Lipinski definition) is 3. The predicted octanol–water partition coefficient (Wildman–Crippen LogP) is 0.728. The second kappa shape index (κ2) is 5.69. The van der Waals surface area contributed by atoms with E-state index in [9.17, 15) is 0 Å². The van der Waals surface area contributed by atoms with Crippen LogP contribution < -0.4 is 11.1 Å². The van der Waals surface area contributed by atoms with Crippen molar-refractivity contribution < 1.29 is 5.21 Å². The third-order valence-corrected chi connectivity index (χ3v) is 3.83. The summed E-state index contributed by atoms with van der Waals surface area (Å²) in [4.78, 5) is 2.59. The number of nitrogens with two attached hydrogens (primary N) is 1. The van der Waals surface area contributed by atoms with Crippen molar-refractivity contribution in [1.82, 2.24) is 10.2 Å². The fourth-order valence-corrected chi connectivity index (χ4v) is 2.64. The first-order chi connectivity index (χ1) is 8.22. The van der Waals surface area contributed by atoms with Crippen molar-refractivity contribution >= 4 is 5.84 Å². The molecule has 0 aromatic heterocycles. The van der Waals surface area contributed by atoms with E-state index >= 15 is 0 Å². The van der Waals surface area contributed by atoms with E-state index < -0.39 is 0 Å². The first kappa shape index (κ1) is 12.6. The smallest absolute Gasteiger partial charge is 0.140 e. The number of rotatable bonds is 6. The van der Waals surface area contributed by atoms with E-state index in [0.29, 0.717) is 24.3 Å². The van der Waals surface area contributed by atoms with Crippen LogP contribution in [-0.2, 0) is 0 Å². The van der Waals surface area contributed by atoms with Crippen LogP contribution in [0.2, 0.25) is 0 Å². The van der Waals surface area contributed by atoms with Gasteiger partial charge in [0.05, 0.1) is 0 Å². The Balaban J connectivity index is 1.74. The van der Waals surface area contributed by atoms with Gasteiger partial charge in [0, 0.05) is 37.6 Å². The Morgan fingerprint density at radius 2 is 2.29 bits per heavy atom. The number of nitrogens with zero attached hydrogens (tertiary/aromatic N) is 2. The number of nitrogens with one attached hydrogen (secondary N) is 1. The lowest BCUT2D eigenvalue weighted by atomic mass is 10.1. The van der Waals surface area contributed by atoms with Crippen LogP contribution in [0.1, 0.15) is 39.0 Å². The summed E-state index contributed by atoms with van der Waals surface area (Å²) in [6.07, 6.45) is 5.63. The minimum atomic E-state index is 0.321. The van der Waals surface area contributed by atoms with Crippen molar-refractivity contribution in [2.24, 2.45) is 10.9 Å². The summed E-state index contributed by atoms with van der Waals surface area (Å²) in [5.41, 5.74) is 5.56. The highest BCUT2D eigenvalue weighted by atomic mass is 16.4. The van der Waals surface area contributed by atoms with Gasteiger partial charge in [-0.15, -0.1) is 0 Å². The van der Waals surface area contributed by atoms with Crippen molar-refractivity contribution in [3.05, 3.63) is 0 Å². The highest BCUT2D eigenvalue weighted by Gasteiger charge is 2.34. The van der Waals surface area contributed by atoms with E-state index in [2.05, 4.69) is 22.3 Å². The molecule has 2 aliphatic rings.